The minimum Gasteiger partial charge on any atom is -0.368 e. The maximum absolute atomic E-state index is 12.9. The van der Waals surface area contributed by atoms with E-state index in [1.807, 2.05) is 0 Å². The van der Waals surface area contributed by atoms with Crippen molar-refractivity contribution in [3.63, 3.8) is 0 Å². The van der Waals surface area contributed by atoms with Crippen molar-refractivity contribution in [2.75, 3.05) is 14.2 Å². The van der Waals surface area contributed by atoms with E-state index >= 15 is 0 Å². The summed E-state index contributed by atoms with van der Waals surface area (Å²) in [6.45, 7) is 0. The second-order valence-electron chi connectivity index (χ2n) is 3.63. The lowest BCUT2D eigenvalue weighted by atomic mass is 9.82. The fraction of sp³-hybridized carbons (Fsp3) is 0.889. The Morgan fingerprint density at radius 3 is 2.14 bits per heavy atom. The van der Waals surface area contributed by atoms with Gasteiger partial charge in [-0.2, -0.15) is 0 Å². The van der Waals surface area contributed by atoms with Crippen molar-refractivity contribution < 1.29 is 18.3 Å². The highest BCUT2D eigenvalue weighted by atomic mass is 19.3. The van der Waals surface area contributed by atoms with Crippen molar-refractivity contribution in [1.82, 2.24) is 5.32 Å². The molecule has 3 nitrogen and oxygen atoms in total. The van der Waals surface area contributed by atoms with Crippen LogP contribution in [0.1, 0.15) is 25.7 Å². The summed E-state index contributed by atoms with van der Waals surface area (Å²) in [6.07, 6.45) is -0.408. The molecule has 1 saturated carbocycles. The molecule has 0 spiro atoms. The van der Waals surface area contributed by atoms with Crippen LogP contribution in [0.15, 0.2) is 0 Å². The highest BCUT2D eigenvalue weighted by Crippen LogP contribution is 2.40. The van der Waals surface area contributed by atoms with E-state index in [4.69, 9.17) is 4.74 Å². The fourth-order valence-electron chi connectivity index (χ4n) is 1.77. The SMILES string of the molecule is CNC(=O)C1(OC)CCC(F)(F)CC1. The Balaban J connectivity index is 2.71. The lowest BCUT2D eigenvalue weighted by Gasteiger charge is -2.37. The molecule has 0 aliphatic heterocycles. The second kappa shape index (κ2) is 3.81. The largest absolute Gasteiger partial charge is 0.368 e. The van der Waals surface area contributed by atoms with Crippen molar-refractivity contribution in [3.8, 4) is 0 Å². The topological polar surface area (TPSA) is 38.3 Å². The Labute approximate surface area is 81.8 Å². The van der Waals surface area contributed by atoms with Gasteiger partial charge in [-0.05, 0) is 12.8 Å². The van der Waals surface area contributed by atoms with Gasteiger partial charge in [-0.3, -0.25) is 4.79 Å². The summed E-state index contributed by atoms with van der Waals surface area (Å²) in [5.41, 5.74) is -1.05. The van der Waals surface area contributed by atoms with Crippen LogP contribution in [0.25, 0.3) is 0 Å². The zero-order chi connectivity index (χ0) is 10.8. The van der Waals surface area contributed by atoms with Crippen molar-refractivity contribution in [2.24, 2.45) is 0 Å². The van der Waals surface area contributed by atoms with Gasteiger partial charge in [0.2, 0.25) is 5.92 Å². The van der Waals surface area contributed by atoms with Gasteiger partial charge in [-0.1, -0.05) is 0 Å². The molecule has 0 aromatic heterocycles. The average molecular weight is 207 g/mol. The molecular weight excluding hydrogens is 192 g/mol. The summed E-state index contributed by atoms with van der Waals surface area (Å²) in [7, 11) is 2.87. The molecule has 1 fully saturated rings. The number of hydrogen-bond acceptors (Lipinski definition) is 2. The molecule has 82 valence electrons. The molecule has 1 amide bonds. The zero-order valence-corrected chi connectivity index (χ0v) is 8.40. The Morgan fingerprint density at radius 1 is 1.29 bits per heavy atom. The number of amides is 1. The van der Waals surface area contributed by atoms with Gasteiger partial charge in [0, 0.05) is 27.0 Å². The minimum atomic E-state index is -2.64. The summed E-state index contributed by atoms with van der Waals surface area (Å²) < 4.78 is 30.8. The van der Waals surface area contributed by atoms with E-state index in [0.717, 1.165) is 0 Å². The number of halogens is 2. The second-order valence-corrected chi connectivity index (χ2v) is 3.63. The van der Waals surface area contributed by atoms with Gasteiger partial charge in [0.1, 0.15) is 5.60 Å². The third-order valence-electron chi connectivity index (χ3n) is 2.82. The van der Waals surface area contributed by atoms with Gasteiger partial charge in [0.15, 0.2) is 0 Å². The molecule has 0 radical (unpaired) electrons. The minimum absolute atomic E-state index is 0.0795. The predicted octanol–water partition coefficient (Wildman–Crippen LogP) is 1.33. The maximum Gasteiger partial charge on any atom is 0.251 e. The number of likely N-dealkylation sites (N-methyl/N-ethyl adjacent to an activating group) is 1. The van der Waals surface area contributed by atoms with Crippen LogP contribution >= 0.6 is 0 Å². The van der Waals surface area contributed by atoms with Crippen molar-refractivity contribution in [1.29, 1.82) is 0 Å². The van der Waals surface area contributed by atoms with Crippen molar-refractivity contribution >= 4 is 5.91 Å². The van der Waals surface area contributed by atoms with Crippen LogP contribution in [-0.4, -0.2) is 31.6 Å². The summed E-state index contributed by atoms with van der Waals surface area (Å²) >= 11 is 0. The molecular formula is C9H15F2NO2. The number of carbonyl (C=O) groups excluding carboxylic acids is 1. The molecule has 0 heterocycles. The molecule has 1 N–H and O–H groups in total. The van der Waals surface area contributed by atoms with Gasteiger partial charge in [0.25, 0.3) is 5.91 Å². The molecule has 1 rings (SSSR count). The van der Waals surface area contributed by atoms with Gasteiger partial charge in [0.05, 0.1) is 0 Å². The molecule has 0 atom stereocenters. The van der Waals surface area contributed by atoms with E-state index < -0.39 is 11.5 Å². The zero-order valence-electron chi connectivity index (χ0n) is 8.40. The predicted molar refractivity (Wildman–Crippen MR) is 47.2 cm³/mol. The van der Waals surface area contributed by atoms with Gasteiger partial charge >= 0.3 is 0 Å². The third kappa shape index (κ3) is 2.03. The summed E-state index contributed by atoms with van der Waals surface area (Å²) in [5.74, 6) is -2.95. The first-order valence-corrected chi connectivity index (χ1v) is 4.61. The highest BCUT2D eigenvalue weighted by Gasteiger charge is 2.47. The normalized spacial score (nSPS) is 24.3. The van der Waals surface area contributed by atoms with Crippen LogP contribution in [0.3, 0.4) is 0 Å². The molecule has 1 aliphatic carbocycles. The number of methoxy groups -OCH3 is 1. The van der Waals surface area contributed by atoms with Gasteiger partial charge in [-0.25, -0.2) is 8.78 Å². The standard InChI is InChI=1S/C9H15F2NO2/c1-12-7(13)8(14-2)3-5-9(10,11)6-4-8/h3-6H2,1-2H3,(H,12,13). The van der Waals surface area contributed by atoms with Crippen LogP contribution in [0.5, 0.6) is 0 Å². The Hall–Kier alpha value is -0.710. The fourth-order valence-corrected chi connectivity index (χ4v) is 1.77. The van der Waals surface area contributed by atoms with E-state index in [2.05, 4.69) is 5.32 Å². The van der Waals surface area contributed by atoms with Crippen LogP contribution in [0, 0.1) is 0 Å². The highest BCUT2D eigenvalue weighted by molar-refractivity contribution is 5.85. The lowest BCUT2D eigenvalue weighted by molar-refractivity contribution is -0.158. The lowest BCUT2D eigenvalue weighted by Crippen LogP contribution is -2.51. The first-order chi connectivity index (χ1) is 6.46. The van der Waals surface area contributed by atoms with Gasteiger partial charge in [-0.15, -0.1) is 0 Å². The molecule has 0 bridgehead atoms. The van der Waals surface area contributed by atoms with Crippen LogP contribution < -0.4 is 5.32 Å². The van der Waals surface area contributed by atoms with Crippen LogP contribution in [-0.2, 0) is 9.53 Å². The molecule has 0 aromatic rings. The van der Waals surface area contributed by atoms with E-state index in [1.165, 1.54) is 14.2 Å². The Morgan fingerprint density at radius 2 is 1.79 bits per heavy atom. The quantitative estimate of drug-likeness (QED) is 0.741. The average Bonchev–Trinajstić information content (AvgIpc) is 2.18. The molecule has 5 heteroatoms. The molecule has 0 unspecified atom stereocenters. The van der Waals surface area contributed by atoms with E-state index in [-0.39, 0.29) is 31.6 Å². The van der Waals surface area contributed by atoms with Gasteiger partial charge < -0.3 is 10.1 Å². The third-order valence-corrected chi connectivity index (χ3v) is 2.82. The van der Waals surface area contributed by atoms with Crippen molar-refractivity contribution in [2.45, 2.75) is 37.2 Å². The first kappa shape index (κ1) is 11.4. The number of hydrogen-bond donors (Lipinski definition) is 1. The summed E-state index contributed by atoms with van der Waals surface area (Å²) in [4.78, 5) is 11.4. The summed E-state index contributed by atoms with van der Waals surface area (Å²) in [5, 5.41) is 2.44. The van der Waals surface area contributed by atoms with Crippen LogP contribution in [0.2, 0.25) is 0 Å². The first-order valence-electron chi connectivity index (χ1n) is 4.61. The number of rotatable bonds is 2. The Kier molecular flexibility index (Phi) is 3.09. The Bertz CT molecular complexity index is 221. The van der Waals surface area contributed by atoms with E-state index in [1.54, 1.807) is 0 Å². The summed E-state index contributed by atoms with van der Waals surface area (Å²) in [6, 6.07) is 0. The van der Waals surface area contributed by atoms with E-state index in [0.29, 0.717) is 0 Å². The molecule has 1 aliphatic rings. The molecule has 14 heavy (non-hydrogen) atoms. The smallest absolute Gasteiger partial charge is 0.251 e. The number of alkyl halides is 2. The molecule has 0 aromatic carbocycles. The maximum atomic E-state index is 12.9. The number of nitrogens with one attached hydrogen (secondary N) is 1. The number of carbonyl (C=O) groups is 1. The van der Waals surface area contributed by atoms with E-state index in [9.17, 15) is 13.6 Å². The monoisotopic (exact) mass is 207 g/mol. The van der Waals surface area contributed by atoms with Crippen LogP contribution in [0.4, 0.5) is 8.78 Å². The van der Waals surface area contributed by atoms with Crippen molar-refractivity contribution in [3.05, 3.63) is 0 Å². The number of ether oxygens (including phenoxy) is 1. The molecule has 0 saturated heterocycles.